The predicted octanol–water partition coefficient (Wildman–Crippen LogP) is 1.19. The zero-order valence-corrected chi connectivity index (χ0v) is 14.8. The molecule has 0 bridgehead atoms. The van der Waals surface area contributed by atoms with Gasteiger partial charge in [0.25, 0.3) is 5.56 Å². The van der Waals surface area contributed by atoms with Gasteiger partial charge in [-0.15, -0.1) is 0 Å². The van der Waals surface area contributed by atoms with Crippen molar-refractivity contribution in [2.45, 2.75) is 19.5 Å². The third-order valence-corrected chi connectivity index (χ3v) is 5.10. The van der Waals surface area contributed by atoms with Gasteiger partial charge in [0.05, 0.1) is 5.69 Å². The molecule has 1 unspecified atom stereocenters. The van der Waals surface area contributed by atoms with Crippen molar-refractivity contribution in [2.75, 3.05) is 12.0 Å². The van der Waals surface area contributed by atoms with E-state index in [0.717, 1.165) is 10.5 Å². The monoisotopic (exact) mass is 367 g/mol. The number of aromatic amines is 1. The maximum absolute atomic E-state index is 14.3. The van der Waals surface area contributed by atoms with Crippen LogP contribution in [0.2, 0.25) is 0 Å². The van der Waals surface area contributed by atoms with Gasteiger partial charge in [-0.3, -0.25) is 9.78 Å². The van der Waals surface area contributed by atoms with Crippen molar-refractivity contribution >= 4 is 5.82 Å². The molecule has 2 aromatic carbocycles. The van der Waals surface area contributed by atoms with Crippen LogP contribution in [0.4, 0.5) is 10.2 Å². The van der Waals surface area contributed by atoms with Gasteiger partial charge in [-0.1, -0.05) is 42.5 Å². The van der Waals surface area contributed by atoms with Gasteiger partial charge in [-0.2, -0.15) is 0 Å². The van der Waals surface area contributed by atoms with E-state index in [1.165, 1.54) is 16.7 Å². The van der Waals surface area contributed by atoms with Gasteiger partial charge in [-0.25, -0.2) is 13.8 Å². The quantitative estimate of drug-likeness (QED) is 0.651. The van der Waals surface area contributed by atoms with Crippen LogP contribution in [0.15, 0.2) is 64.2 Å². The Morgan fingerprint density at radius 2 is 1.78 bits per heavy atom. The first-order valence-electron chi connectivity index (χ1n) is 8.82. The van der Waals surface area contributed by atoms with Gasteiger partial charge in [0, 0.05) is 5.56 Å². The topological polar surface area (TPSA) is 71.3 Å². The van der Waals surface area contributed by atoms with E-state index in [1.54, 1.807) is 12.1 Å². The smallest absolute Gasteiger partial charge is 0.324 e. The predicted molar refractivity (Wildman–Crippen MR) is 101 cm³/mol. The number of benzene rings is 2. The zero-order valence-electron chi connectivity index (χ0n) is 14.8. The molecule has 1 aliphatic rings. The van der Waals surface area contributed by atoms with Gasteiger partial charge in [0.15, 0.2) is 6.67 Å². The Bertz CT molecular complexity index is 1090. The number of hydrogen-bond acceptors (Lipinski definition) is 3. The summed E-state index contributed by atoms with van der Waals surface area (Å²) in [6, 6.07) is 16.2. The minimum absolute atomic E-state index is 0.113. The largest absolute Gasteiger partial charge is 0.334 e. The van der Waals surface area contributed by atoms with Gasteiger partial charge in [0.2, 0.25) is 0 Å². The van der Waals surface area contributed by atoms with E-state index in [2.05, 4.69) is 29.4 Å². The molecule has 7 heteroatoms. The molecule has 6 nitrogen and oxygen atoms in total. The van der Waals surface area contributed by atoms with Crippen molar-refractivity contribution in [3.05, 3.63) is 92.4 Å². The highest BCUT2D eigenvalue weighted by Gasteiger charge is 2.30. The van der Waals surface area contributed by atoms with Crippen molar-refractivity contribution in [2.24, 2.45) is 0 Å². The molecule has 0 fully saturated rings. The fourth-order valence-corrected chi connectivity index (χ4v) is 3.56. The number of halogens is 1. The molecule has 1 aliphatic heterocycles. The van der Waals surface area contributed by atoms with Crippen LogP contribution in [0.3, 0.4) is 0 Å². The Labute approximate surface area is 154 Å². The second-order valence-electron chi connectivity index (χ2n) is 6.69. The van der Waals surface area contributed by atoms with E-state index in [9.17, 15) is 14.0 Å². The third-order valence-electron chi connectivity index (χ3n) is 5.10. The van der Waals surface area contributed by atoms with Crippen LogP contribution in [0.5, 0.6) is 0 Å². The van der Waals surface area contributed by atoms with Gasteiger partial charge in [0.1, 0.15) is 29.8 Å². The average molecular weight is 367 g/mol. The Hall–Kier alpha value is -3.19. The molecule has 1 aromatic heterocycles. The number of H-pyrrole nitrogens is 1. The first-order chi connectivity index (χ1) is 13.1. The molecule has 0 saturated carbocycles. The first kappa shape index (κ1) is 17.2. The van der Waals surface area contributed by atoms with Crippen molar-refractivity contribution in [1.82, 2.24) is 9.55 Å². The molecule has 0 spiro atoms. The van der Waals surface area contributed by atoms with Crippen molar-refractivity contribution < 1.29 is 9.29 Å². The van der Waals surface area contributed by atoms with Crippen LogP contribution in [0, 0.1) is 5.82 Å². The van der Waals surface area contributed by atoms with Crippen molar-refractivity contribution in [3.63, 3.8) is 0 Å². The fourth-order valence-electron chi connectivity index (χ4n) is 3.56. The molecule has 27 heavy (non-hydrogen) atoms. The Balaban J connectivity index is 1.77. The fraction of sp³-hybridized carbons (Fsp3) is 0.200. The molecule has 0 radical (unpaired) electrons. The normalized spacial score (nSPS) is 17.0. The summed E-state index contributed by atoms with van der Waals surface area (Å²) in [4.78, 5) is 28.3. The highest BCUT2D eigenvalue weighted by atomic mass is 19.1. The van der Waals surface area contributed by atoms with Crippen LogP contribution in [-0.4, -0.2) is 16.2 Å². The number of nitrogens with zero attached hydrogens (tertiary/aromatic N) is 1. The lowest BCUT2D eigenvalue weighted by Crippen LogP contribution is -3.12. The number of anilines is 1. The van der Waals surface area contributed by atoms with Crippen molar-refractivity contribution in [3.8, 4) is 5.69 Å². The van der Waals surface area contributed by atoms with Crippen molar-refractivity contribution in [1.29, 1.82) is 0 Å². The lowest BCUT2D eigenvalue weighted by Gasteiger charge is -2.32. The number of para-hydroxylation sites is 1. The lowest BCUT2D eigenvalue weighted by atomic mass is 10.1. The summed E-state index contributed by atoms with van der Waals surface area (Å²) in [6.07, 6.45) is 0. The number of hydrogen-bond donors (Lipinski definition) is 3. The summed E-state index contributed by atoms with van der Waals surface area (Å²) < 4.78 is 15.5. The van der Waals surface area contributed by atoms with Crippen LogP contribution >= 0.6 is 0 Å². The molecular weight excluding hydrogens is 347 g/mol. The van der Waals surface area contributed by atoms with Crippen LogP contribution in [0.25, 0.3) is 5.69 Å². The summed E-state index contributed by atoms with van der Waals surface area (Å²) in [5.74, 6) is -0.166. The number of aromatic nitrogens is 2. The molecule has 0 aliphatic carbocycles. The SMILES string of the molecule is C[C@H](c1ccccc1)[NH+]1CNc2c(c(=O)[nH]c(=O)n2-c2ccccc2F)C1. The summed E-state index contributed by atoms with van der Waals surface area (Å²) >= 11 is 0. The molecule has 4 rings (SSSR count). The van der Waals surface area contributed by atoms with E-state index in [0.29, 0.717) is 24.6 Å². The first-order valence-corrected chi connectivity index (χ1v) is 8.82. The van der Waals surface area contributed by atoms with E-state index < -0.39 is 17.1 Å². The average Bonchev–Trinajstić information content (AvgIpc) is 2.69. The molecular formula is C20H20FN4O2+. The lowest BCUT2D eigenvalue weighted by molar-refractivity contribution is -0.941. The number of rotatable bonds is 3. The molecule has 0 amide bonds. The third kappa shape index (κ3) is 3.06. The summed E-state index contributed by atoms with van der Waals surface area (Å²) in [6.45, 7) is 3.04. The second-order valence-corrected chi connectivity index (χ2v) is 6.69. The van der Waals surface area contributed by atoms with Gasteiger partial charge >= 0.3 is 5.69 Å². The van der Waals surface area contributed by atoms with Crippen LogP contribution < -0.4 is 21.5 Å². The van der Waals surface area contributed by atoms with E-state index in [4.69, 9.17) is 0 Å². The second kappa shape index (κ2) is 6.85. The van der Waals surface area contributed by atoms with E-state index in [-0.39, 0.29) is 11.7 Å². The Morgan fingerprint density at radius 1 is 1.07 bits per heavy atom. The maximum atomic E-state index is 14.3. The number of nitrogens with one attached hydrogen (secondary N) is 3. The summed E-state index contributed by atoms with van der Waals surface area (Å²) in [5.41, 5.74) is 0.629. The van der Waals surface area contributed by atoms with Gasteiger partial charge < -0.3 is 10.2 Å². The van der Waals surface area contributed by atoms with Crippen LogP contribution in [-0.2, 0) is 6.54 Å². The zero-order chi connectivity index (χ0) is 19.0. The highest BCUT2D eigenvalue weighted by Crippen LogP contribution is 2.19. The van der Waals surface area contributed by atoms with Crippen LogP contribution in [0.1, 0.15) is 24.1 Å². The number of quaternary nitrogens is 1. The molecule has 2 atom stereocenters. The van der Waals surface area contributed by atoms with E-state index >= 15 is 0 Å². The maximum Gasteiger partial charge on any atom is 0.334 e. The summed E-state index contributed by atoms with van der Waals surface area (Å²) in [7, 11) is 0. The molecule has 2 heterocycles. The van der Waals surface area contributed by atoms with E-state index in [1.807, 2.05) is 18.2 Å². The molecule has 3 N–H and O–H groups in total. The number of fused-ring (bicyclic) bond motifs is 1. The standard InChI is InChI=1S/C20H19FN4O2/c1-13(14-7-3-2-4-8-14)24-11-15-18(22-12-24)25(20(27)23-19(15)26)17-10-6-5-9-16(17)21/h2-10,13,22H,11-12H2,1H3,(H,23,26,27)/p+1/t13-/m1/s1. The van der Waals surface area contributed by atoms with Gasteiger partial charge in [-0.05, 0) is 19.1 Å². The minimum Gasteiger partial charge on any atom is -0.324 e. The highest BCUT2D eigenvalue weighted by molar-refractivity contribution is 5.51. The molecule has 138 valence electrons. The Kier molecular flexibility index (Phi) is 4.37. The minimum atomic E-state index is -0.657. The molecule has 3 aromatic rings. The Morgan fingerprint density at radius 3 is 2.52 bits per heavy atom. The summed E-state index contributed by atoms with van der Waals surface area (Å²) in [5, 5.41) is 3.18. The molecule has 0 saturated heterocycles.